The molecular weight excluding hydrogens is 224 g/mol. The van der Waals surface area contributed by atoms with Crippen LogP contribution in [0.4, 0.5) is 0 Å². The summed E-state index contributed by atoms with van der Waals surface area (Å²) in [6, 6.07) is 4.96. The maximum Gasteiger partial charge on any atom is 0.157 e. The molecule has 0 aromatic heterocycles. The molecule has 0 saturated heterocycles. The number of allylic oxidation sites excluding steroid dienone is 4. The third kappa shape index (κ3) is 5.09. The van der Waals surface area contributed by atoms with Crippen molar-refractivity contribution in [1.82, 2.24) is 0 Å². The van der Waals surface area contributed by atoms with Gasteiger partial charge in [-0.1, -0.05) is 29.4 Å². The zero-order chi connectivity index (χ0) is 13.5. The standard InChI is InChI=1S/C16H22O2/c1-12(2)5-4-6-13(3)7-8-14-9-10-15(17)16(18)11-14/h5,7,9-11,17-18H,4,6,8H2,1-3H3/b13-7+. The van der Waals surface area contributed by atoms with Crippen molar-refractivity contribution in [2.24, 2.45) is 0 Å². The smallest absolute Gasteiger partial charge is 0.157 e. The normalized spacial score (nSPS) is 11.4. The van der Waals surface area contributed by atoms with Crippen molar-refractivity contribution in [3.63, 3.8) is 0 Å². The van der Waals surface area contributed by atoms with Gasteiger partial charge in [0.05, 0.1) is 0 Å². The van der Waals surface area contributed by atoms with Crippen LogP contribution in [0.15, 0.2) is 41.5 Å². The Morgan fingerprint density at radius 3 is 2.39 bits per heavy atom. The van der Waals surface area contributed by atoms with E-state index in [9.17, 15) is 10.2 Å². The van der Waals surface area contributed by atoms with Crippen LogP contribution in [0.2, 0.25) is 0 Å². The number of rotatable bonds is 5. The number of aromatic hydroxyl groups is 2. The monoisotopic (exact) mass is 246 g/mol. The molecule has 0 heterocycles. The third-order valence-electron chi connectivity index (χ3n) is 2.82. The van der Waals surface area contributed by atoms with Gasteiger partial charge >= 0.3 is 0 Å². The first-order valence-electron chi connectivity index (χ1n) is 6.29. The van der Waals surface area contributed by atoms with E-state index in [1.54, 1.807) is 6.07 Å². The van der Waals surface area contributed by atoms with Crippen LogP contribution in [0.5, 0.6) is 11.5 Å². The van der Waals surface area contributed by atoms with Gasteiger partial charge in [-0.2, -0.15) is 0 Å². The summed E-state index contributed by atoms with van der Waals surface area (Å²) in [5.41, 5.74) is 3.71. The lowest BCUT2D eigenvalue weighted by atomic mass is 10.1. The van der Waals surface area contributed by atoms with E-state index < -0.39 is 0 Å². The lowest BCUT2D eigenvalue weighted by Crippen LogP contribution is -1.84. The lowest BCUT2D eigenvalue weighted by molar-refractivity contribution is 0.403. The molecule has 2 nitrogen and oxygen atoms in total. The number of phenols is 2. The Bertz CT molecular complexity index is 452. The Hall–Kier alpha value is -1.70. The van der Waals surface area contributed by atoms with Crippen molar-refractivity contribution in [3.8, 4) is 11.5 Å². The SMILES string of the molecule is CC(C)=CCC/C(C)=C/Cc1ccc(O)c(O)c1. The predicted molar refractivity (Wildman–Crippen MR) is 75.9 cm³/mol. The highest BCUT2D eigenvalue weighted by molar-refractivity contribution is 5.41. The van der Waals surface area contributed by atoms with Gasteiger partial charge in [-0.25, -0.2) is 0 Å². The van der Waals surface area contributed by atoms with E-state index in [1.807, 2.05) is 6.07 Å². The van der Waals surface area contributed by atoms with Crippen molar-refractivity contribution in [2.45, 2.75) is 40.0 Å². The third-order valence-corrected chi connectivity index (χ3v) is 2.82. The second-order valence-corrected chi connectivity index (χ2v) is 4.90. The van der Waals surface area contributed by atoms with E-state index in [2.05, 4.69) is 32.9 Å². The molecule has 0 fully saturated rings. The van der Waals surface area contributed by atoms with E-state index in [0.29, 0.717) is 0 Å². The number of hydrogen-bond donors (Lipinski definition) is 2. The second kappa shape index (κ2) is 6.90. The average molecular weight is 246 g/mol. The number of benzene rings is 1. The fraction of sp³-hybridized carbons (Fsp3) is 0.375. The van der Waals surface area contributed by atoms with Gasteiger partial charge in [-0.15, -0.1) is 0 Å². The molecule has 1 aromatic rings. The highest BCUT2D eigenvalue weighted by Gasteiger charge is 1.99. The second-order valence-electron chi connectivity index (χ2n) is 4.90. The van der Waals surface area contributed by atoms with Crippen LogP contribution in [0.3, 0.4) is 0 Å². The topological polar surface area (TPSA) is 40.5 Å². The summed E-state index contributed by atoms with van der Waals surface area (Å²) >= 11 is 0. The largest absolute Gasteiger partial charge is 0.504 e. The Balaban J connectivity index is 2.52. The van der Waals surface area contributed by atoms with Crippen molar-refractivity contribution in [1.29, 1.82) is 0 Å². The zero-order valence-corrected chi connectivity index (χ0v) is 11.4. The number of hydrogen-bond acceptors (Lipinski definition) is 2. The van der Waals surface area contributed by atoms with E-state index in [1.165, 1.54) is 17.2 Å². The maximum absolute atomic E-state index is 9.39. The molecule has 0 bridgehead atoms. The first-order valence-corrected chi connectivity index (χ1v) is 6.29. The zero-order valence-electron chi connectivity index (χ0n) is 11.4. The summed E-state index contributed by atoms with van der Waals surface area (Å²) < 4.78 is 0. The van der Waals surface area contributed by atoms with E-state index in [0.717, 1.165) is 24.8 Å². The van der Waals surface area contributed by atoms with Crippen LogP contribution >= 0.6 is 0 Å². The minimum atomic E-state index is -0.0667. The van der Waals surface area contributed by atoms with Gasteiger partial charge < -0.3 is 10.2 Å². The fourth-order valence-electron chi connectivity index (χ4n) is 1.68. The molecule has 0 atom stereocenters. The molecule has 2 heteroatoms. The van der Waals surface area contributed by atoms with Crippen molar-refractivity contribution in [2.75, 3.05) is 0 Å². The molecule has 0 unspecified atom stereocenters. The van der Waals surface area contributed by atoms with E-state index >= 15 is 0 Å². The molecule has 1 rings (SSSR count). The quantitative estimate of drug-likeness (QED) is 0.599. The van der Waals surface area contributed by atoms with Crippen molar-refractivity contribution in [3.05, 3.63) is 47.1 Å². The summed E-state index contributed by atoms with van der Waals surface area (Å²) in [6.45, 7) is 6.34. The van der Waals surface area contributed by atoms with Gasteiger partial charge in [0, 0.05) is 0 Å². The average Bonchev–Trinajstić information content (AvgIpc) is 2.30. The van der Waals surface area contributed by atoms with Gasteiger partial charge in [0.15, 0.2) is 11.5 Å². The molecule has 18 heavy (non-hydrogen) atoms. The highest BCUT2D eigenvalue weighted by atomic mass is 16.3. The lowest BCUT2D eigenvalue weighted by Gasteiger charge is -2.02. The van der Waals surface area contributed by atoms with Gasteiger partial charge in [0.1, 0.15) is 0 Å². The van der Waals surface area contributed by atoms with Crippen LogP contribution in [0.1, 0.15) is 39.2 Å². The summed E-state index contributed by atoms with van der Waals surface area (Å²) in [6.07, 6.45) is 7.34. The Morgan fingerprint density at radius 1 is 1.06 bits per heavy atom. The van der Waals surface area contributed by atoms with Crippen LogP contribution in [0.25, 0.3) is 0 Å². The first kappa shape index (κ1) is 14.4. The minimum Gasteiger partial charge on any atom is -0.504 e. The predicted octanol–water partition coefficient (Wildman–Crippen LogP) is 4.33. The Labute approximate surface area is 109 Å². The van der Waals surface area contributed by atoms with Gasteiger partial charge in [0.25, 0.3) is 0 Å². The van der Waals surface area contributed by atoms with Crippen LogP contribution in [0, 0.1) is 0 Å². The summed E-state index contributed by atoms with van der Waals surface area (Å²) in [4.78, 5) is 0. The van der Waals surface area contributed by atoms with E-state index in [-0.39, 0.29) is 11.5 Å². The van der Waals surface area contributed by atoms with E-state index in [4.69, 9.17) is 0 Å². The van der Waals surface area contributed by atoms with Crippen molar-refractivity contribution >= 4 is 0 Å². The van der Waals surface area contributed by atoms with Crippen molar-refractivity contribution < 1.29 is 10.2 Å². The van der Waals surface area contributed by atoms with Gasteiger partial charge in [0.2, 0.25) is 0 Å². The summed E-state index contributed by atoms with van der Waals surface area (Å²) in [7, 11) is 0. The van der Waals surface area contributed by atoms with Crippen LogP contribution in [-0.4, -0.2) is 10.2 Å². The molecule has 98 valence electrons. The Morgan fingerprint density at radius 2 is 1.78 bits per heavy atom. The molecular formula is C16H22O2. The molecule has 1 aromatic carbocycles. The van der Waals surface area contributed by atoms with Crippen LogP contribution < -0.4 is 0 Å². The number of phenolic OH excluding ortho intramolecular Hbond substituents is 2. The molecule has 0 aliphatic carbocycles. The summed E-state index contributed by atoms with van der Waals surface area (Å²) in [5.74, 6) is -0.119. The molecule has 0 spiro atoms. The van der Waals surface area contributed by atoms with Gasteiger partial charge in [-0.05, 0) is 57.7 Å². The molecule has 0 aliphatic rings. The summed E-state index contributed by atoms with van der Waals surface area (Å²) in [5, 5.41) is 18.6. The maximum atomic E-state index is 9.39. The molecule has 0 saturated carbocycles. The molecule has 0 aliphatic heterocycles. The van der Waals surface area contributed by atoms with Gasteiger partial charge in [-0.3, -0.25) is 0 Å². The molecule has 0 radical (unpaired) electrons. The first-order chi connectivity index (χ1) is 8.49. The van der Waals surface area contributed by atoms with Crippen LogP contribution in [-0.2, 0) is 6.42 Å². The molecule has 0 amide bonds. The minimum absolute atomic E-state index is 0.0527. The fourth-order valence-corrected chi connectivity index (χ4v) is 1.68. The Kier molecular flexibility index (Phi) is 5.50. The highest BCUT2D eigenvalue weighted by Crippen LogP contribution is 2.25. The molecule has 2 N–H and O–H groups in total.